The first-order chi connectivity index (χ1) is 15.1. The molecule has 32 heavy (non-hydrogen) atoms. The molecule has 1 aromatic carbocycles. The first kappa shape index (κ1) is 33.2. The molecule has 0 aliphatic carbocycles. The van der Waals surface area contributed by atoms with Crippen LogP contribution < -0.4 is 0 Å². The second-order valence-electron chi connectivity index (χ2n) is 9.17. The molecule has 0 heterocycles. The molecule has 0 atom stereocenters. The summed E-state index contributed by atoms with van der Waals surface area (Å²) >= 11 is 0. The summed E-state index contributed by atoms with van der Waals surface area (Å²) < 4.78 is 32.8. The van der Waals surface area contributed by atoms with Crippen molar-refractivity contribution in [3.8, 4) is 0 Å². The fourth-order valence-corrected chi connectivity index (χ4v) is 3.28. The Labute approximate surface area is 199 Å². The van der Waals surface area contributed by atoms with Crippen molar-refractivity contribution in [1.82, 2.24) is 0 Å². The van der Waals surface area contributed by atoms with Gasteiger partial charge < -0.3 is 4.48 Å². The molecule has 0 bridgehead atoms. The lowest BCUT2D eigenvalue weighted by atomic mass is 10.0. The molecule has 0 aromatic heterocycles. The smallest absolute Gasteiger partial charge is 0.329 e. The van der Waals surface area contributed by atoms with Crippen LogP contribution in [0, 0.1) is 0 Å². The number of quaternary nitrogens is 1. The maximum absolute atomic E-state index is 8.74. The van der Waals surface area contributed by atoms with Gasteiger partial charge in [-0.2, -0.15) is 8.42 Å². The van der Waals surface area contributed by atoms with Gasteiger partial charge in [-0.05, 0) is 19.8 Å². The van der Waals surface area contributed by atoms with Crippen LogP contribution in [0.3, 0.4) is 0 Å². The first-order valence-electron chi connectivity index (χ1n) is 12.6. The highest BCUT2D eigenvalue weighted by Gasteiger charge is 2.09. The van der Waals surface area contributed by atoms with E-state index in [4.69, 9.17) is 17.5 Å². The third-order valence-electron chi connectivity index (χ3n) is 5.64. The molecule has 2 N–H and O–H groups in total. The van der Waals surface area contributed by atoms with Crippen LogP contribution in [0.1, 0.15) is 104 Å². The summed E-state index contributed by atoms with van der Waals surface area (Å²) in [5.74, 6) is 0. The van der Waals surface area contributed by atoms with Crippen molar-refractivity contribution in [2.75, 3.05) is 27.2 Å². The van der Waals surface area contributed by atoms with Crippen LogP contribution in [0.25, 0.3) is 0 Å². The molecule has 0 saturated heterocycles. The van der Waals surface area contributed by atoms with Gasteiger partial charge in [-0.1, -0.05) is 120 Å². The van der Waals surface area contributed by atoms with E-state index in [1.807, 2.05) is 36.4 Å². The minimum Gasteiger partial charge on any atom is -0.329 e. The molecule has 0 spiro atoms. The number of nitrogens with zero attached hydrogens (tertiary/aromatic N) is 1. The topological polar surface area (TPSA) is 74.6 Å². The molecule has 5 nitrogen and oxygen atoms in total. The fraction of sp³-hybridized carbons (Fsp3) is 0.769. The van der Waals surface area contributed by atoms with Crippen LogP contribution in [0.5, 0.6) is 0 Å². The van der Waals surface area contributed by atoms with E-state index in [0.717, 1.165) is 0 Å². The van der Waals surface area contributed by atoms with E-state index in [1.165, 1.54) is 107 Å². The fourth-order valence-electron chi connectivity index (χ4n) is 3.28. The monoisotopic (exact) mass is 474 g/mol. The lowest BCUT2D eigenvalue weighted by Gasteiger charge is -2.28. The van der Waals surface area contributed by atoms with Gasteiger partial charge in [0.1, 0.15) is 0 Å². The van der Waals surface area contributed by atoms with Gasteiger partial charge in [-0.3, -0.25) is 9.11 Å². The van der Waals surface area contributed by atoms with E-state index in [0.29, 0.717) is 0 Å². The first-order valence-corrected chi connectivity index (χ1v) is 14.0. The van der Waals surface area contributed by atoms with E-state index in [1.54, 1.807) is 0 Å². The van der Waals surface area contributed by atoms with E-state index >= 15 is 0 Å². The summed E-state index contributed by atoms with van der Waals surface area (Å²) in [6.07, 6.45) is 20.4. The average molecular weight is 475 g/mol. The minimum atomic E-state index is -4.67. The predicted octanol–water partition coefficient (Wildman–Crippen LogP) is 7.60. The summed E-state index contributed by atoms with van der Waals surface area (Å²) in [4.78, 5) is 0. The molecular formula is C26H52NO4S+. The maximum Gasteiger partial charge on any atom is 0.394 e. The van der Waals surface area contributed by atoms with Crippen molar-refractivity contribution < 1.29 is 22.0 Å². The van der Waals surface area contributed by atoms with Gasteiger partial charge in [0.05, 0.1) is 27.2 Å². The summed E-state index contributed by atoms with van der Waals surface area (Å²) in [6.45, 7) is 7.21. The largest absolute Gasteiger partial charge is 0.394 e. The van der Waals surface area contributed by atoms with Crippen LogP contribution in [0.2, 0.25) is 0 Å². The van der Waals surface area contributed by atoms with Crippen LogP contribution in [-0.4, -0.2) is 49.2 Å². The summed E-state index contributed by atoms with van der Waals surface area (Å²) in [7, 11) is 0.0323. The van der Waals surface area contributed by atoms with E-state index in [2.05, 4.69) is 27.9 Å². The second kappa shape index (κ2) is 23.2. The Hall–Kier alpha value is -0.950. The molecule has 0 radical (unpaired) electrons. The van der Waals surface area contributed by atoms with Gasteiger partial charge in [0.25, 0.3) is 0 Å². The Morgan fingerprint density at radius 1 is 0.562 bits per heavy atom. The van der Waals surface area contributed by atoms with E-state index in [9.17, 15) is 0 Å². The third-order valence-corrected chi connectivity index (χ3v) is 5.64. The van der Waals surface area contributed by atoms with E-state index in [-0.39, 0.29) is 0 Å². The highest BCUT2D eigenvalue weighted by atomic mass is 32.3. The van der Waals surface area contributed by atoms with Gasteiger partial charge >= 0.3 is 10.4 Å². The van der Waals surface area contributed by atoms with Crippen LogP contribution in [0.15, 0.2) is 36.4 Å². The molecule has 0 fully saturated rings. The van der Waals surface area contributed by atoms with Gasteiger partial charge in [0.2, 0.25) is 0 Å². The molecular weight excluding hydrogens is 422 g/mol. The van der Waals surface area contributed by atoms with Crippen molar-refractivity contribution in [2.24, 2.45) is 0 Å². The molecule has 0 unspecified atom stereocenters. The Balaban J connectivity index is 0. The van der Waals surface area contributed by atoms with Crippen molar-refractivity contribution in [1.29, 1.82) is 0 Å². The molecule has 6 heteroatoms. The van der Waals surface area contributed by atoms with Gasteiger partial charge in [-0.15, -0.1) is 0 Å². The summed E-state index contributed by atoms with van der Waals surface area (Å²) in [5, 5.41) is 0. The molecule has 0 saturated carbocycles. The number of rotatable bonds is 16. The van der Waals surface area contributed by atoms with Crippen molar-refractivity contribution in [3.05, 3.63) is 36.4 Å². The lowest BCUT2D eigenvalue weighted by Crippen LogP contribution is -2.39. The molecule has 1 rings (SSSR count). The molecule has 0 amide bonds. The summed E-state index contributed by atoms with van der Waals surface area (Å²) in [5.41, 5.74) is 0. The number of benzene rings is 1. The number of unbranched alkanes of at least 4 members (excludes halogenated alkanes) is 13. The van der Waals surface area contributed by atoms with Crippen LogP contribution in [-0.2, 0) is 10.4 Å². The Kier molecular flexibility index (Phi) is 24.1. The zero-order chi connectivity index (χ0) is 24.6. The van der Waals surface area contributed by atoms with Crippen molar-refractivity contribution >= 4 is 10.4 Å². The Morgan fingerprint density at radius 3 is 1.06 bits per heavy atom. The zero-order valence-corrected chi connectivity index (χ0v) is 22.2. The normalized spacial score (nSPS) is 11.2. The Bertz CT molecular complexity index is 542. The quantitative estimate of drug-likeness (QED) is 0.147. The second-order valence-corrected chi connectivity index (χ2v) is 10.1. The van der Waals surface area contributed by atoms with E-state index < -0.39 is 10.4 Å². The number of hydrogen-bond donors (Lipinski definition) is 2. The third kappa shape index (κ3) is 36.4. The van der Waals surface area contributed by atoms with Gasteiger partial charge in [0.15, 0.2) is 0 Å². The summed E-state index contributed by atoms with van der Waals surface area (Å²) in [6, 6.07) is 12.0. The molecule has 0 aliphatic heterocycles. The highest BCUT2D eigenvalue weighted by molar-refractivity contribution is 7.79. The van der Waals surface area contributed by atoms with Crippen molar-refractivity contribution in [3.63, 3.8) is 0 Å². The average Bonchev–Trinajstić information content (AvgIpc) is 2.74. The lowest BCUT2D eigenvalue weighted by molar-refractivity contribution is -0.888. The molecule has 190 valence electrons. The van der Waals surface area contributed by atoms with Crippen molar-refractivity contribution in [2.45, 2.75) is 104 Å². The maximum atomic E-state index is 8.74. The van der Waals surface area contributed by atoms with Gasteiger partial charge in [-0.25, -0.2) is 0 Å². The Morgan fingerprint density at radius 2 is 0.812 bits per heavy atom. The standard InChI is InChI=1S/C20H44N.C6H6.H2O4S/c1-5-7-8-9-10-11-12-13-14-15-16-17-18-19-20-21(3,4)6-2;1-2-4-6-5-3-1;1-5(2,3)4/h5-20H2,1-4H3;1-6H;(H2,1,2,3,4)/q+1;;. The minimum absolute atomic E-state index is 1.19. The van der Waals surface area contributed by atoms with Crippen LogP contribution >= 0.6 is 0 Å². The molecule has 1 aromatic rings. The zero-order valence-electron chi connectivity index (χ0n) is 21.3. The molecule has 0 aliphatic rings. The predicted molar refractivity (Wildman–Crippen MR) is 138 cm³/mol. The SMILES string of the molecule is CCCCCCCCCCCCCCCC[N+](C)(C)CC.O=S(=O)(O)O.c1ccccc1. The van der Waals surface area contributed by atoms with Crippen LogP contribution in [0.4, 0.5) is 0 Å². The highest BCUT2D eigenvalue weighted by Crippen LogP contribution is 2.13. The van der Waals surface area contributed by atoms with Gasteiger partial charge in [0, 0.05) is 0 Å². The number of hydrogen-bond acceptors (Lipinski definition) is 2.